The fourth-order valence-corrected chi connectivity index (χ4v) is 2.85. The zero-order chi connectivity index (χ0) is 22.9. The molecule has 32 heavy (non-hydrogen) atoms. The number of hydrogen-bond donors (Lipinski definition) is 2. The average molecular weight is 500 g/mol. The van der Waals surface area contributed by atoms with Crippen LogP contribution in [0.1, 0.15) is 15.9 Å². The topological polar surface area (TPSA) is 89.0 Å². The molecule has 0 aliphatic carbocycles. The molecule has 0 saturated carbocycles. The normalized spacial score (nSPS) is 10.6. The summed E-state index contributed by atoms with van der Waals surface area (Å²) in [6, 6.07) is 17.3. The Morgan fingerprint density at radius 3 is 2.44 bits per heavy atom. The van der Waals surface area contributed by atoms with Gasteiger partial charge in [-0.3, -0.25) is 9.59 Å². The maximum absolute atomic E-state index is 12.9. The third kappa shape index (κ3) is 6.64. The highest BCUT2D eigenvalue weighted by Gasteiger charge is 2.09. The number of halogens is 2. The first kappa shape index (κ1) is 23.0. The van der Waals surface area contributed by atoms with Crippen LogP contribution in [-0.2, 0) is 4.79 Å². The fraction of sp³-hybridized carbons (Fsp3) is 0.0870. The molecule has 0 saturated heterocycles. The summed E-state index contributed by atoms with van der Waals surface area (Å²) in [7, 11) is 1.47. The summed E-state index contributed by atoms with van der Waals surface area (Å²) < 4.78 is 24.6. The van der Waals surface area contributed by atoms with Gasteiger partial charge in [-0.2, -0.15) is 5.10 Å². The molecule has 0 aliphatic rings. The summed E-state index contributed by atoms with van der Waals surface area (Å²) in [6.07, 6.45) is 1.46. The van der Waals surface area contributed by atoms with Gasteiger partial charge in [0.2, 0.25) is 0 Å². The molecule has 7 nitrogen and oxygen atoms in total. The smallest absolute Gasteiger partial charge is 0.271 e. The number of hydrazone groups is 1. The molecule has 0 aliphatic heterocycles. The summed E-state index contributed by atoms with van der Waals surface area (Å²) in [5, 5.41) is 6.56. The van der Waals surface area contributed by atoms with Gasteiger partial charge in [0.25, 0.3) is 11.8 Å². The number of nitrogens with zero attached hydrogens (tertiary/aromatic N) is 1. The van der Waals surface area contributed by atoms with E-state index in [2.05, 4.69) is 31.8 Å². The number of benzene rings is 3. The minimum absolute atomic E-state index is 0.260. The van der Waals surface area contributed by atoms with E-state index in [-0.39, 0.29) is 18.3 Å². The number of rotatable bonds is 8. The number of ether oxygens (including phenoxy) is 2. The fourth-order valence-electron chi connectivity index (χ4n) is 2.59. The van der Waals surface area contributed by atoms with Crippen LogP contribution in [0.5, 0.6) is 11.5 Å². The van der Waals surface area contributed by atoms with Gasteiger partial charge in [0.15, 0.2) is 18.1 Å². The van der Waals surface area contributed by atoms with E-state index in [1.807, 2.05) is 0 Å². The number of carbonyl (C=O) groups excluding carboxylic acids is 2. The van der Waals surface area contributed by atoms with Crippen molar-refractivity contribution in [1.82, 2.24) is 5.43 Å². The second-order valence-corrected chi connectivity index (χ2v) is 7.38. The van der Waals surface area contributed by atoms with Crippen molar-refractivity contribution < 1.29 is 23.5 Å². The third-order valence-corrected chi connectivity index (χ3v) is 4.69. The lowest BCUT2D eigenvalue weighted by atomic mass is 10.2. The van der Waals surface area contributed by atoms with E-state index in [0.29, 0.717) is 28.3 Å². The van der Waals surface area contributed by atoms with Gasteiger partial charge in [0, 0.05) is 15.7 Å². The predicted octanol–water partition coefficient (Wildman–Crippen LogP) is 4.38. The second kappa shape index (κ2) is 11.1. The molecular formula is C23H19BrFN3O4. The Labute approximate surface area is 192 Å². The number of anilines is 1. The molecular weight excluding hydrogens is 481 g/mol. The number of carbonyl (C=O) groups is 2. The molecule has 0 unspecified atom stereocenters. The molecule has 0 fully saturated rings. The van der Waals surface area contributed by atoms with Crippen LogP contribution >= 0.6 is 15.9 Å². The van der Waals surface area contributed by atoms with Gasteiger partial charge < -0.3 is 14.8 Å². The second-order valence-electron chi connectivity index (χ2n) is 6.46. The lowest BCUT2D eigenvalue weighted by Gasteiger charge is -2.11. The Morgan fingerprint density at radius 1 is 1.03 bits per heavy atom. The van der Waals surface area contributed by atoms with Gasteiger partial charge >= 0.3 is 0 Å². The summed E-state index contributed by atoms with van der Waals surface area (Å²) in [6.45, 7) is -0.260. The molecule has 0 atom stereocenters. The van der Waals surface area contributed by atoms with Gasteiger partial charge in [0.1, 0.15) is 5.82 Å². The Kier molecular flexibility index (Phi) is 7.93. The van der Waals surface area contributed by atoms with Gasteiger partial charge in [-0.15, -0.1) is 0 Å². The molecule has 0 aromatic heterocycles. The molecule has 0 bridgehead atoms. The maximum Gasteiger partial charge on any atom is 0.271 e. The molecule has 3 aromatic carbocycles. The van der Waals surface area contributed by atoms with Gasteiger partial charge in [-0.05, 0) is 72.3 Å². The Hall–Kier alpha value is -3.72. The number of nitrogens with one attached hydrogen (secondary N) is 2. The number of amides is 2. The Morgan fingerprint density at radius 2 is 1.75 bits per heavy atom. The minimum Gasteiger partial charge on any atom is -0.493 e. The predicted molar refractivity (Wildman–Crippen MR) is 123 cm³/mol. The van der Waals surface area contributed by atoms with Gasteiger partial charge in [-0.1, -0.05) is 15.9 Å². The number of hydrogen-bond acceptors (Lipinski definition) is 5. The van der Waals surface area contributed by atoms with Crippen LogP contribution in [0.4, 0.5) is 10.1 Å². The zero-order valence-electron chi connectivity index (χ0n) is 17.0. The van der Waals surface area contributed by atoms with E-state index in [9.17, 15) is 14.0 Å². The van der Waals surface area contributed by atoms with Crippen LogP contribution in [0.25, 0.3) is 0 Å². The van der Waals surface area contributed by atoms with E-state index in [1.165, 1.54) is 37.6 Å². The van der Waals surface area contributed by atoms with Gasteiger partial charge in [0.05, 0.1) is 13.3 Å². The highest BCUT2D eigenvalue weighted by Crippen LogP contribution is 2.27. The Bertz CT molecular complexity index is 1120. The Balaban J connectivity index is 1.55. The minimum atomic E-state index is -0.403. The molecule has 3 aromatic rings. The molecule has 3 rings (SSSR count). The highest BCUT2D eigenvalue weighted by molar-refractivity contribution is 9.10. The molecule has 0 radical (unpaired) electrons. The lowest BCUT2D eigenvalue weighted by Crippen LogP contribution is -2.20. The van der Waals surface area contributed by atoms with Crippen molar-refractivity contribution in [2.45, 2.75) is 0 Å². The summed E-state index contributed by atoms with van der Waals surface area (Å²) in [5.74, 6) is -0.381. The largest absolute Gasteiger partial charge is 0.493 e. The quantitative estimate of drug-likeness (QED) is 0.355. The van der Waals surface area contributed by atoms with Crippen LogP contribution in [0.2, 0.25) is 0 Å². The van der Waals surface area contributed by atoms with E-state index < -0.39 is 5.91 Å². The number of methoxy groups -OCH3 is 1. The molecule has 9 heteroatoms. The summed E-state index contributed by atoms with van der Waals surface area (Å²) >= 11 is 3.32. The molecule has 164 valence electrons. The average Bonchev–Trinajstić information content (AvgIpc) is 2.80. The van der Waals surface area contributed by atoms with E-state index in [0.717, 1.165) is 4.47 Å². The lowest BCUT2D eigenvalue weighted by molar-refractivity contribution is -0.118. The first-order valence-electron chi connectivity index (χ1n) is 9.40. The SMILES string of the molecule is COc1cc(/C=N/NC(=O)c2ccc(Br)cc2)ccc1OCC(=O)Nc1ccc(F)cc1. The van der Waals surface area contributed by atoms with Crippen molar-refractivity contribution in [3.63, 3.8) is 0 Å². The zero-order valence-corrected chi connectivity index (χ0v) is 18.6. The first-order chi connectivity index (χ1) is 15.4. The third-order valence-electron chi connectivity index (χ3n) is 4.16. The molecule has 2 amide bonds. The van der Waals surface area contributed by atoms with Crippen LogP contribution in [0.3, 0.4) is 0 Å². The standard InChI is InChI=1S/C23H19BrFN3O4/c1-31-21-12-15(13-26-28-23(30)16-3-5-17(24)6-4-16)2-11-20(21)32-14-22(29)27-19-9-7-18(25)8-10-19/h2-13H,14H2,1H3,(H,27,29)(H,28,30)/b26-13+. The molecule has 0 spiro atoms. The first-order valence-corrected chi connectivity index (χ1v) is 10.2. The van der Waals surface area contributed by atoms with E-state index in [1.54, 1.807) is 42.5 Å². The summed E-state index contributed by atoms with van der Waals surface area (Å²) in [4.78, 5) is 24.1. The van der Waals surface area contributed by atoms with Crippen molar-refractivity contribution in [2.75, 3.05) is 19.0 Å². The van der Waals surface area contributed by atoms with Crippen LogP contribution in [0, 0.1) is 5.82 Å². The van der Waals surface area contributed by atoms with Crippen LogP contribution in [0.15, 0.2) is 76.3 Å². The van der Waals surface area contributed by atoms with Crippen molar-refractivity contribution in [3.8, 4) is 11.5 Å². The van der Waals surface area contributed by atoms with Crippen LogP contribution in [-0.4, -0.2) is 31.7 Å². The monoisotopic (exact) mass is 499 g/mol. The molecule has 2 N–H and O–H groups in total. The van der Waals surface area contributed by atoms with Crippen molar-refractivity contribution in [3.05, 3.63) is 88.1 Å². The van der Waals surface area contributed by atoms with Crippen LogP contribution < -0.4 is 20.2 Å². The molecule has 0 heterocycles. The highest BCUT2D eigenvalue weighted by atomic mass is 79.9. The van der Waals surface area contributed by atoms with Gasteiger partial charge in [-0.25, -0.2) is 9.82 Å². The summed E-state index contributed by atoms with van der Waals surface area (Å²) in [5.41, 5.74) is 4.05. The van der Waals surface area contributed by atoms with E-state index in [4.69, 9.17) is 9.47 Å². The van der Waals surface area contributed by atoms with Crippen molar-refractivity contribution in [1.29, 1.82) is 0 Å². The van der Waals surface area contributed by atoms with Crippen molar-refractivity contribution >= 4 is 39.6 Å². The maximum atomic E-state index is 12.9. The van der Waals surface area contributed by atoms with E-state index >= 15 is 0 Å². The van der Waals surface area contributed by atoms with Crippen molar-refractivity contribution in [2.24, 2.45) is 5.10 Å².